The third-order valence-corrected chi connectivity index (χ3v) is 4.87. The minimum Gasteiger partial charge on any atom is -0.497 e. The van der Waals surface area contributed by atoms with Gasteiger partial charge >= 0.3 is 0 Å². The Morgan fingerprint density at radius 1 is 1.06 bits per heavy atom. The number of methoxy groups -OCH3 is 1. The average Bonchev–Trinajstić information content (AvgIpc) is 3.30. The first-order chi connectivity index (χ1) is 15.0. The lowest BCUT2D eigenvalue weighted by atomic mass is 10.0. The molecule has 0 fully saturated rings. The van der Waals surface area contributed by atoms with E-state index in [1.54, 1.807) is 31.4 Å². The highest BCUT2D eigenvalue weighted by atomic mass is 16.5. The molecule has 1 atom stereocenters. The normalized spacial score (nSPS) is 12.2. The number of furan rings is 1. The SMILES string of the molecule is CC[C@@H](NC(=O)/C(=C/c1ccco1)NC(=O)c1ccc(C)cc1)c1ccc(OC)cc1. The van der Waals surface area contributed by atoms with Crippen LogP contribution in [-0.2, 0) is 4.79 Å². The monoisotopic (exact) mass is 418 g/mol. The second-order valence-electron chi connectivity index (χ2n) is 7.10. The lowest BCUT2D eigenvalue weighted by molar-refractivity contribution is -0.118. The fourth-order valence-corrected chi connectivity index (χ4v) is 3.07. The van der Waals surface area contributed by atoms with Gasteiger partial charge in [-0.2, -0.15) is 0 Å². The van der Waals surface area contributed by atoms with E-state index in [4.69, 9.17) is 9.15 Å². The molecule has 0 unspecified atom stereocenters. The van der Waals surface area contributed by atoms with Gasteiger partial charge in [-0.3, -0.25) is 9.59 Å². The zero-order chi connectivity index (χ0) is 22.2. The van der Waals surface area contributed by atoms with Gasteiger partial charge in [-0.1, -0.05) is 36.8 Å². The van der Waals surface area contributed by atoms with Crippen molar-refractivity contribution in [3.8, 4) is 5.75 Å². The number of carbonyl (C=O) groups is 2. The average molecular weight is 418 g/mol. The second kappa shape index (κ2) is 10.3. The molecule has 2 aromatic carbocycles. The molecular formula is C25H26N2O4. The summed E-state index contributed by atoms with van der Waals surface area (Å²) in [6, 6.07) is 17.9. The maximum atomic E-state index is 13.1. The molecule has 160 valence electrons. The number of ether oxygens (including phenoxy) is 1. The van der Waals surface area contributed by atoms with E-state index in [9.17, 15) is 9.59 Å². The van der Waals surface area contributed by atoms with Gasteiger partial charge in [0.05, 0.1) is 19.4 Å². The fourth-order valence-electron chi connectivity index (χ4n) is 3.07. The first-order valence-corrected chi connectivity index (χ1v) is 10.1. The molecule has 0 spiro atoms. The van der Waals surface area contributed by atoms with Crippen LogP contribution >= 0.6 is 0 Å². The van der Waals surface area contributed by atoms with Crippen LogP contribution in [0.4, 0.5) is 0 Å². The molecule has 0 aliphatic carbocycles. The standard InChI is InChI=1S/C25H26N2O4/c1-4-22(18-11-13-20(30-3)14-12-18)26-25(29)23(16-21-6-5-15-31-21)27-24(28)19-9-7-17(2)8-10-19/h5-16,22H,4H2,1-3H3,(H,26,29)(H,27,28)/b23-16-/t22-/m1/s1. The summed E-state index contributed by atoms with van der Waals surface area (Å²) in [5.41, 5.74) is 2.56. The van der Waals surface area contributed by atoms with E-state index in [-0.39, 0.29) is 17.6 Å². The van der Waals surface area contributed by atoms with Crippen LogP contribution in [0.15, 0.2) is 77.0 Å². The first kappa shape index (κ1) is 21.9. The molecule has 2 amide bonds. The van der Waals surface area contributed by atoms with E-state index in [1.807, 2.05) is 50.2 Å². The number of nitrogens with one attached hydrogen (secondary N) is 2. The predicted octanol–water partition coefficient (Wildman–Crippen LogP) is 4.64. The number of amides is 2. The molecule has 6 heteroatoms. The van der Waals surface area contributed by atoms with E-state index in [2.05, 4.69) is 10.6 Å². The Morgan fingerprint density at radius 2 is 1.77 bits per heavy atom. The quantitative estimate of drug-likeness (QED) is 0.523. The smallest absolute Gasteiger partial charge is 0.268 e. The van der Waals surface area contributed by atoms with Gasteiger partial charge in [-0.15, -0.1) is 0 Å². The molecule has 6 nitrogen and oxygen atoms in total. The number of benzene rings is 2. The fraction of sp³-hybridized carbons (Fsp3) is 0.200. The molecule has 0 saturated carbocycles. The van der Waals surface area contributed by atoms with Crippen molar-refractivity contribution in [3.05, 3.63) is 95.1 Å². The van der Waals surface area contributed by atoms with Gasteiger partial charge in [0.25, 0.3) is 11.8 Å². The van der Waals surface area contributed by atoms with Crippen molar-refractivity contribution in [1.29, 1.82) is 0 Å². The van der Waals surface area contributed by atoms with Crippen LogP contribution in [0.1, 0.15) is 46.6 Å². The van der Waals surface area contributed by atoms with Gasteiger partial charge in [0.1, 0.15) is 17.2 Å². The van der Waals surface area contributed by atoms with E-state index in [1.165, 1.54) is 12.3 Å². The van der Waals surface area contributed by atoms with E-state index in [0.717, 1.165) is 16.9 Å². The van der Waals surface area contributed by atoms with Crippen LogP contribution in [0.25, 0.3) is 6.08 Å². The van der Waals surface area contributed by atoms with Gasteiger partial charge in [0.2, 0.25) is 0 Å². The Kier molecular flexibility index (Phi) is 7.27. The second-order valence-corrected chi connectivity index (χ2v) is 7.10. The third kappa shape index (κ3) is 5.85. The van der Waals surface area contributed by atoms with E-state index >= 15 is 0 Å². The van der Waals surface area contributed by atoms with Crippen molar-refractivity contribution in [1.82, 2.24) is 10.6 Å². The Morgan fingerprint density at radius 3 is 2.35 bits per heavy atom. The highest BCUT2D eigenvalue weighted by Gasteiger charge is 2.19. The van der Waals surface area contributed by atoms with Crippen LogP contribution in [0.5, 0.6) is 5.75 Å². The zero-order valence-corrected chi connectivity index (χ0v) is 17.8. The largest absolute Gasteiger partial charge is 0.497 e. The van der Waals surface area contributed by atoms with Crippen LogP contribution in [0.2, 0.25) is 0 Å². The predicted molar refractivity (Wildman–Crippen MR) is 119 cm³/mol. The van der Waals surface area contributed by atoms with Crippen molar-refractivity contribution in [2.24, 2.45) is 0 Å². The van der Waals surface area contributed by atoms with E-state index < -0.39 is 5.91 Å². The van der Waals surface area contributed by atoms with Crippen molar-refractivity contribution in [2.45, 2.75) is 26.3 Å². The van der Waals surface area contributed by atoms with Crippen LogP contribution in [-0.4, -0.2) is 18.9 Å². The summed E-state index contributed by atoms with van der Waals surface area (Å²) in [6.07, 6.45) is 3.70. The minimum absolute atomic E-state index is 0.104. The number of carbonyl (C=O) groups excluding carboxylic acids is 2. The summed E-state index contributed by atoms with van der Waals surface area (Å²) in [6.45, 7) is 3.93. The van der Waals surface area contributed by atoms with Crippen LogP contribution in [0.3, 0.4) is 0 Å². The van der Waals surface area contributed by atoms with Crippen molar-refractivity contribution in [2.75, 3.05) is 7.11 Å². The number of aryl methyl sites for hydroxylation is 1. The molecule has 2 N–H and O–H groups in total. The first-order valence-electron chi connectivity index (χ1n) is 10.1. The summed E-state index contributed by atoms with van der Waals surface area (Å²) in [5, 5.41) is 5.71. The Labute approximate surface area is 181 Å². The molecule has 0 radical (unpaired) electrons. The molecule has 0 bridgehead atoms. The molecule has 0 aliphatic heterocycles. The van der Waals surface area contributed by atoms with Crippen LogP contribution in [0, 0.1) is 6.92 Å². The number of hydrogen-bond acceptors (Lipinski definition) is 4. The highest BCUT2D eigenvalue weighted by Crippen LogP contribution is 2.21. The summed E-state index contributed by atoms with van der Waals surface area (Å²) in [7, 11) is 1.61. The maximum absolute atomic E-state index is 13.1. The Hall–Kier alpha value is -3.80. The summed E-state index contributed by atoms with van der Waals surface area (Å²) >= 11 is 0. The van der Waals surface area contributed by atoms with Crippen molar-refractivity contribution >= 4 is 17.9 Å². The molecule has 1 aromatic heterocycles. The molecule has 0 saturated heterocycles. The molecule has 0 aliphatic rings. The van der Waals surface area contributed by atoms with Gasteiger partial charge in [-0.05, 0) is 55.3 Å². The lowest BCUT2D eigenvalue weighted by Gasteiger charge is -2.19. The Bertz CT molecular complexity index is 1040. The molecule has 3 aromatic rings. The minimum atomic E-state index is -0.403. The third-order valence-electron chi connectivity index (χ3n) is 4.87. The zero-order valence-electron chi connectivity index (χ0n) is 17.8. The van der Waals surface area contributed by atoms with Gasteiger partial charge in [0.15, 0.2) is 0 Å². The highest BCUT2D eigenvalue weighted by molar-refractivity contribution is 6.05. The van der Waals surface area contributed by atoms with E-state index in [0.29, 0.717) is 17.7 Å². The Balaban J connectivity index is 1.81. The molecule has 3 rings (SSSR count). The van der Waals surface area contributed by atoms with Gasteiger partial charge < -0.3 is 19.8 Å². The number of rotatable bonds is 8. The summed E-state index contributed by atoms with van der Waals surface area (Å²) in [5.74, 6) is 0.436. The summed E-state index contributed by atoms with van der Waals surface area (Å²) < 4.78 is 10.5. The van der Waals surface area contributed by atoms with Gasteiger partial charge in [0, 0.05) is 11.6 Å². The van der Waals surface area contributed by atoms with Gasteiger partial charge in [-0.25, -0.2) is 0 Å². The van der Waals surface area contributed by atoms with Crippen LogP contribution < -0.4 is 15.4 Å². The molecule has 31 heavy (non-hydrogen) atoms. The topological polar surface area (TPSA) is 80.6 Å². The number of hydrogen-bond donors (Lipinski definition) is 2. The summed E-state index contributed by atoms with van der Waals surface area (Å²) in [4.78, 5) is 25.8. The molecule has 1 heterocycles. The molecular weight excluding hydrogens is 392 g/mol. The maximum Gasteiger partial charge on any atom is 0.268 e. The van der Waals surface area contributed by atoms with Crippen molar-refractivity contribution in [3.63, 3.8) is 0 Å². The van der Waals surface area contributed by atoms with Crippen molar-refractivity contribution < 1.29 is 18.7 Å². The lowest BCUT2D eigenvalue weighted by Crippen LogP contribution is -2.36.